The fraction of sp³-hybridized carbons (Fsp3) is 0.571. The normalized spacial score (nSPS) is 19.8. The summed E-state index contributed by atoms with van der Waals surface area (Å²) in [4.78, 5) is 5.05. The molecule has 0 aliphatic carbocycles. The van der Waals surface area contributed by atoms with Gasteiger partial charge < -0.3 is 5.11 Å². The van der Waals surface area contributed by atoms with Gasteiger partial charge in [-0.25, -0.2) is 4.68 Å². The molecule has 0 saturated carbocycles. The predicted octanol–water partition coefficient (Wildman–Crippen LogP) is 2.79. The van der Waals surface area contributed by atoms with Crippen LogP contribution in [-0.2, 0) is 6.54 Å². The number of piperazine rings is 1. The van der Waals surface area contributed by atoms with Crippen LogP contribution in [-0.4, -0.2) is 63.5 Å². The van der Waals surface area contributed by atoms with Crippen LogP contribution in [0.1, 0.15) is 32.8 Å². The molecule has 1 aliphatic rings. The molecule has 1 N–H and O–H groups in total. The van der Waals surface area contributed by atoms with Crippen molar-refractivity contribution in [3.05, 3.63) is 48.3 Å². The Hall–Kier alpha value is -1.69. The first-order valence-corrected chi connectivity index (χ1v) is 9.61. The molecule has 5 heteroatoms. The Morgan fingerprint density at radius 3 is 2.62 bits per heavy atom. The van der Waals surface area contributed by atoms with E-state index in [2.05, 4.69) is 54.0 Å². The molecule has 5 nitrogen and oxygen atoms in total. The summed E-state index contributed by atoms with van der Waals surface area (Å²) in [5, 5.41) is 14.0. The highest BCUT2D eigenvalue weighted by Crippen LogP contribution is 2.22. The Morgan fingerprint density at radius 2 is 1.92 bits per heavy atom. The molecule has 1 unspecified atom stereocenters. The zero-order chi connectivity index (χ0) is 18.6. The van der Waals surface area contributed by atoms with Crippen LogP contribution in [0.5, 0.6) is 0 Å². The Labute approximate surface area is 157 Å². The first kappa shape index (κ1) is 19.1. The molecule has 1 fully saturated rings. The average molecular weight is 357 g/mol. The number of para-hydroxylation sites is 1. The molecule has 1 aliphatic heterocycles. The number of hydrogen-bond donors (Lipinski definition) is 1. The second-order valence-electron chi connectivity index (χ2n) is 8.56. The Morgan fingerprint density at radius 1 is 1.15 bits per heavy atom. The third-order valence-electron chi connectivity index (χ3n) is 4.89. The Kier molecular flexibility index (Phi) is 6.12. The topological polar surface area (TPSA) is 44.5 Å². The molecule has 1 atom stereocenters. The number of nitrogens with zero attached hydrogens (tertiary/aromatic N) is 4. The molecule has 1 saturated heterocycles. The minimum Gasteiger partial charge on any atom is -0.396 e. The fourth-order valence-electron chi connectivity index (χ4n) is 3.76. The van der Waals surface area contributed by atoms with Gasteiger partial charge in [0.25, 0.3) is 0 Å². The van der Waals surface area contributed by atoms with Crippen LogP contribution >= 0.6 is 0 Å². The van der Waals surface area contributed by atoms with Crippen LogP contribution in [0.2, 0.25) is 0 Å². The van der Waals surface area contributed by atoms with E-state index in [1.54, 1.807) is 0 Å². The van der Waals surface area contributed by atoms with E-state index in [1.807, 2.05) is 29.1 Å². The van der Waals surface area contributed by atoms with Gasteiger partial charge in [-0.05, 0) is 24.0 Å². The number of benzene rings is 1. The summed E-state index contributed by atoms with van der Waals surface area (Å²) in [5.74, 6) is 0. The van der Waals surface area contributed by atoms with Crippen molar-refractivity contribution in [2.24, 2.45) is 5.41 Å². The van der Waals surface area contributed by atoms with E-state index in [0.29, 0.717) is 6.04 Å². The zero-order valence-corrected chi connectivity index (χ0v) is 16.3. The summed E-state index contributed by atoms with van der Waals surface area (Å²) in [6.45, 7) is 12.2. The van der Waals surface area contributed by atoms with Gasteiger partial charge in [0.1, 0.15) is 0 Å². The molecule has 0 bridgehead atoms. The molecule has 0 radical (unpaired) electrons. The lowest BCUT2D eigenvalue weighted by Crippen LogP contribution is -2.54. The third kappa shape index (κ3) is 5.16. The van der Waals surface area contributed by atoms with Gasteiger partial charge in [-0.2, -0.15) is 5.10 Å². The van der Waals surface area contributed by atoms with Crippen molar-refractivity contribution in [2.45, 2.75) is 39.8 Å². The Bertz CT molecular complexity index is 677. The number of hydrogen-bond acceptors (Lipinski definition) is 4. The molecule has 26 heavy (non-hydrogen) atoms. The van der Waals surface area contributed by atoms with Gasteiger partial charge in [-0.15, -0.1) is 0 Å². The van der Waals surface area contributed by atoms with E-state index in [1.165, 1.54) is 5.56 Å². The maximum Gasteiger partial charge on any atom is 0.0645 e. The van der Waals surface area contributed by atoms with Crippen LogP contribution in [0.25, 0.3) is 5.69 Å². The van der Waals surface area contributed by atoms with E-state index in [0.717, 1.165) is 44.8 Å². The number of aliphatic hydroxyl groups excluding tert-OH is 1. The van der Waals surface area contributed by atoms with Crippen molar-refractivity contribution in [3.8, 4) is 5.69 Å². The van der Waals surface area contributed by atoms with E-state index in [-0.39, 0.29) is 12.0 Å². The van der Waals surface area contributed by atoms with Crippen molar-refractivity contribution in [3.63, 3.8) is 0 Å². The second-order valence-corrected chi connectivity index (χ2v) is 8.56. The van der Waals surface area contributed by atoms with Crippen molar-refractivity contribution in [1.29, 1.82) is 0 Å². The van der Waals surface area contributed by atoms with E-state index in [9.17, 15) is 5.11 Å². The van der Waals surface area contributed by atoms with Crippen molar-refractivity contribution >= 4 is 0 Å². The highest BCUT2D eigenvalue weighted by Gasteiger charge is 2.29. The largest absolute Gasteiger partial charge is 0.396 e. The Balaban J connectivity index is 1.61. The predicted molar refractivity (Wildman–Crippen MR) is 105 cm³/mol. The van der Waals surface area contributed by atoms with Crippen molar-refractivity contribution in [2.75, 3.05) is 32.8 Å². The van der Waals surface area contributed by atoms with Crippen LogP contribution in [0.15, 0.2) is 42.7 Å². The number of aliphatic hydroxyl groups is 1. The van der Waals surface area contributed by atoms with Crippen LogP contribution < -0.4 is 0 Å². The van der Waals surface area contributed by atoms with Crippen molar-refractivity contribution in [1.82, 2.24) is 19.6 Å². The maximum absolute atomic E-state index is 9.48. The molecule has 1 aromatic carbocycles. The van der Waals surface area contributed by atoms with E-state index < -0.39 is 0 Å². The fourth-order valence-corrected chi connectivity index (χ4v) is 3.76. The summed E-state index contributed by atoms with van der Waals surface area (Å²) in [6, 6.07) is 10.7. The first-order chi connectivity index (χ1) is 12.4. The first-order valence-electron chi connectivity index (χ1n) is 9.61. The lowest BCUT2D eigenvalue weighted by atomic mass is 9.94. The summed E-state index contributed by atoms with van der Waals surface area (Å²) in [6.07, 6.45) is 4.93. The molecule has 0 spiro atoms. The molecular formula is C21H32N4O. The summed E-state index contributed by atoms with van der Waals surface area (Å²) < 4.78 is 1.94. The average Bonchev–Trinajstić information content (AvgIpc) is 3.06. The molecular weight excluding hydrogens is 324 g/mol. The van der Waals surface area contributed by atoms with Crippen molar-refractivity contribution < 1.29 is 5.11 Å². The smallest absolute Gasteiger partial charge is 0.0645 e. The molecule has 2 heterocycles. The van der Waals surface area contributed by atoms with Gasteiger partial charge in [0.05, 0.1) is 11.9 Å². The molecule has 2 aromatic rings. The third-order valence-corrected chi connectivity index (χ3v) is 4.89. The van der Waals surface area contributed by atoms with Gasteiger partial charge >= 0.3 is 0 Å². The zero-order valence-electron chi connectivity index (χ0n) is 16.3. The summed E-state index contributed by atoms with van der Waals surface area (Å²) in [5.41, 5.74) is 2.61. The van der Waals surface area contributed by atoms with Gasteiger partial charge in [0.15, 0.2) is 0 Å². The monoisotopic (exact) mass is 356 g/mol. The minimum atomic E-state index is 0.255. The van der Waals surface area contributed by atoms with Gasteiger partial charge in [0, 0.05) is 57.1 Å². The SMILES string of the molecule is CC(C)(C)CN1CCN(Cc2cnn(-c3ccccc3)c2)CC1CCO. The minimum absolute atomic E-state index is 0.255. The molecule has 1 aromatic heterocycles. The molecule has 142 valence electrons. The van der Waals surface area contributed by atoms with E-state index >= 15 is 0 Å². The summed E-state index contributed by atoms with van der Waals surface area (Å²) >= 11 is 0. The lowest BCUT2D eigenvalue weighted by molar-refractivity contribution is 0.0340. The van der Waals surface area contributed by atoms with Crippen LogP contribution in [0.4, 0.5) is 0 Å². The molecule has 3 rings (SSSR count). The van der Waals surface area contributed by atoms with Gasteiger partial charge in [-0.3, -0.25) is 9.80 Å². The van der Waals surface area contributed by atoms with Crippen LogP contribution in [0, 0.1) is 5.41 Å². The quantitative estimate of drug-likeness (QED) is 0.864. The van der Waals surface area contributed by atoms with Crippen LogP contribution in [0.3, 0.4) is 0 Å². The summed E-state index contributed by atoms with van der Waals surface area (Å²) in [7, 11) is 0. The molecule has 0 amide bonds. The standard InChI is InChI=1S/C21H32N4O/c1-21(2,3)17-24-11-10-23(16-20(24)9-12-26)14-18-13-22-25(15-18)19-7-5-4-6-8-19/h4-8,13,15,20,26H,9-12,14,16-17H2,1-3H3. The highest BCUT2D eigenvalue weighted by atomic mass is 16.3. The number of aromatic nitrogens is 2. The van der Waals surface area contributed by atoms with Gasteiger partial charge in [-0.1, -0.05) is 39.0 Å². The number of rotatable bonds is 6. The van der Waals surface area contributed by atoms with E-state index in [4.69, 9.17) is 0 Å². The lowest BCUT2D eigenvalue weighted by Gasteiger charge is -2.43. The van der Waals surface area contributed by atoms with Gasteiger partial charge in [0.2, 0.25) is 0 Å². The highest BCUT2D eigenvalue weighted by molar-refractivity contribution is 5.30. The maximum atomic E-state index is 9.48. The second kappa shape index (κ2) is 8.33.